The highest BCUT2D eigenvalue weighted by atomic mass is 19.4. The molecule has 2 fully saturated rings. The zero-order valence-corrected chi connectivity index (χ0v) is 14.1. The molecule has 4 rings (SSSR count). The second kappa shape index (κ2) is 6.56. The molecular formula is C19H23F3N2O. The van der Waals surface area contributed by atoms with Gasteiger partial charge in [0.15, 0.2) is 5.75 Å². The van der Waals surface area contributed by atoms with Gasteiger partial charge in [0.1, 0.15) is 0 Å². The summed E-state index contributed by atoms with van der Waals surface area (Å²) in [6, 6.07) is 6.42. The zero-order chi connectivity index (χ0) is 17.4. The van der Waals surface area contributed by atoms with Gasteiger partial charge >= 0.3 is 6.36 Å². The van der Waals surface area contributed by atoms with Crippen molar-refractivity contribution in [3.8, 4) is 5.75 Å². The van der Waals surface area contributed by atoms with E-state index >= 15 is 0 Å². The molecule has 0 radical (unpaired) electrons. The van der Waals surface area contributed by atoms with Crippen molar-refractivity contribution in [1.82, 2.24) is 4.90 Å². The quantitative estimate of drug-likeness (QED) is 0.764. The van der Waals surface area contributed by atoms with E-state index in [0.717, 1.165) is 50.5 Å². The smallest absolute Gasteiger partial charge is 0.404 e. The molecule has 6 heteroatoms. The third kappa shape index (κ3) is 3.78. The predicted molar refractivity (Wildman–Crippen MR) is 90.6 cm³/mol. The molecule has 0 amide bonds. The average Bonchev–Trinajstić information content (AvgIpc) is 3.18. The summed E-state index contributed by atoms with van der Waals surface area (Å²) < 4.78 is 42.0. The fraction of sp³-hybridized carbons (Fsp3) is 0.579. The van der Waals surface area contributed by atoms with Gasteiger partial charge in [-0.3, -0.25) is 4.90 Å². The molecule has 0 spiro atoms. The number of ether oxygens (including phenoxy) is 1. The lowest BCUT2D eigenvalue weighted by molar-refractivity contribution is -0.274. The summed E-state index contributed by atoms with van der Waals surface area (Å²) in [5.74, 6) is 2.16. The van der Waals surface area contributed by atoms with Gasteiger partial charge in [-0.15, -0.1) is 13.2 Å². The van der Waals surface area contributed by atoms with Crippen molar-refractivity contribution in [2.24, 2.45) is 17.8 Å². The van der Waals surface area contributed by atoms with Crippen LogP contribution in [0, 0.1) is 17.8 Å². The number of allylic oxidation sites excluding steroid dienone is 2. The van der Waals surface area contributed by atoms with E-state index in [1.54, 1.807) is 18.2 Å². The van der Waals surface area contributed by atoms with E-state index in [9.17, 15) is 13.2 Å². The van der Waals surface area contributed by atoms with Crippen molar-refractivity contribution in [3.63, 3.8) is 0 Å². The van der Waals surface area contributed by atoms with Crippen LogP contribution in [0.15, 0.2) is 36.4 Å². The molecule has 2 aliphatic carbocycles. The summed E-state index contributed by atoms with van der Waals surface area (Å²) in [7, 11) is 0. The van der Waals surface area contributed by atoms with Gasteiger partial charge in [-0.25, -0.2) is 0 Å². The van der Waals surface area contributed by atoms with E-state index in [2.05, 4.69) is 21.8 Å². The third-order valence-corrected chi connectivity index (χ3v) is 5.71. The lowest BCUT2D eigenvalue weighted by atomic mass is 9.93. The van der Waals surface area contributed by atoms with Gasteiger partial charge in [-0.05, 0) is 42.7 Å². The maximum Gasteiger partial charge on any atom is 0.573 e. The van der Waals surface area contributed by atoms with Crippen molar-refractivity contribution < 1.29 is 17.9 Å². The Morgan fingerprint density at radius 2 is 1.76 bits per heavy atom. The number of nitrogens with zero attached hydrogens (tertiary/aromatic N) is 2. The summed E-state index contributed by atoms with van der Waals surface area (Å²) in [5, 5.41) is 0. The van der Waals surface area contributed by atoms with Crippen LogP contribution in [0.4, 0.5) is 18.9 Å². The van der Waals surface area contributed by atoms with Gasteiger partial charge in [0.05, 0.1) is 5.69 Å². The van der Waals surface area contributed by atoms with E-state index < -0.39 is 6.36 Å². The number of hydrogen-bond acceptors (Lipinski definition) is 3. The first kappa shape index (κ1) is 16.8. The van der Waals surface area contributed by atoms with E-state index in [1.165, 1.54) is 18.9 Å². The minimum absolute atomic E-state index is 0.110. The molecule has 0 aromatic heterocycles. The Morgan fingerprint density at radius 1 is 1.00 bits per heavy atom. The van der Waals surface area contributed by atoms with Crippen molar-refractivity contribution in [3.05, 3.63) is 36.4 Å². The van der Waals surface area contributed by atoms with Crippen LogP contribution < -0.4 is 9.64 Å². The van der Waals surface area contributed by atoms with Gasteiger partial charge in [-0.1, -0.05) is 24.3 Å². The van der Waals surface area contributed by atoms with Crippen molar-refractivity contribution in [2.75, 3.05) is 37.6 Å². The maximum atomic E-state index is 12.6. The van der Waals surface area contributed by atoms with Crippen molar-refractivity contribution >= 4 is 5.69 Å². The molecule has 3 aliphatic rings. The summed E-state index contributed by atoms with van der Waals surface area (Å²) >= 11 is 0. The van der Waals surface area contributed by atoms with Gasteiger partial charge in [0, 0.05) is 32.7 Å². The molecule has 3 nitrogen and oxygen atoms in total. The maximum absolute atomic E-state index is 12.6. The molecule has 1 aliphatic heterocycles. The molecule has 1 saturated carbocycles. The second-order valence-corrected chi connectivity index (χ2v) is 7.34. The highest BCUT2D eigenvalue weighted by Gasteiger charge is 2.37. The van der Waals surface area contributed by atoms with Gasteiger partial charge in [0.2, 0.25) is 0 Å². The molecule has 1 aromatic carbocycles. The summed E-state index contributed by atoms with van der Waals surface area (Å²) in [5.41, 5.74) is 0.530. The van der Waals surface area contributed by atoms with Crippen LogP contribution in [0.1, 0.15) is 12.8 Å². The fourth-order valence-electron chi connectivity index (χ4n) is 4.54. The zero-order valence-electron chi connectivity index (χ0n) is 14.1. The minimum atomic E-state index is -4.66. The molecular weight excluding hydrogens is 329 g/mol. The van der Waals surface area contributed by atoms with E-state index in [-0.39, 0.29) is 5.75 Å². The third-order valence-electron chi connectivity index (χ3n) is 5.71. The van der Waals surface area contributed by atoms with Crippen molar-refractivity contribution in [2.45, 2.75) is 19.2 Å². The molecule has 3 atom stereocenters. The standard InChI is InChI=1S/C19H23F3N2O/c20-19(21,22)25-18-4-2-1-3-17(18)24-9-7-23(8-10-24)13-16-12-14-5-6-15(16)11-14/h1-6,14-16H,7-13H2. The second-order valence-electron chi connectivity index (χ2n) is 7.34. The van der Waals surface area contributed by atoms with Crippen LogP contribution in [-0.4, -0.2) is 44.0 Å². The normalized spacial score (nSPS) is 29.4. The fourth-order valence-corrected chi connectivity index (χ4v) is 4.54. The number of piperazine rings is 1. The molecule has 2 bridgehead atoms. The Morgan fingerprint density at radius 3 is 2.40 bits per heavy atom. The molecule has 136 valence electrons. The Bertz CT molecular complexity index is 638. The first-order chi connectivity index (χ1) is 12.0. The molecule has 1 saturated heterocycles. The number of fused-ring (bicyclic) bond motifs is 2. The van der Waals surface area contributed by atoms with Gasteiger partial charge in [-0.2, -0.15) is 0 Å². The van der Waals surface area contributed by atoms with Crippen LogP contribution in [0.5, 0.6) is 5.75 Å². The largest absolute Gasteiger partial charge is 0.573 e. The van der Waals surface area contributed by atoms with E-state index in [1.807, 2.05) is 4.90 Å². The number of para-hydroxylation sites is 2. The lowest BCUT2D eigenvalue weighted by Crippen LogP contribution is -2.48. The SMILES string of the molecule is FC(F)(F)Oc1ccccc1N1CCN(CC2CC3C=CC2C3)CC1. The van der Waals surface area contributed by atoms with Crippen molar-refractivity contribution in [1.29, 1.82) is 0 Å². The first-order valence-electron chi connectivity index (χ1n) is 8.98. The average molecular weight is 352 g/mol. The molecule has 25 heavy (non-hydrogen) atoms. The van der Waals surface area contributed by atoms with Crippen LogP contribution >= 0.6 is 0 Å². The Hall–Kier alpha value is -1.69. The van der Waals surface area contributed by atoms with E-state index in [4.69, 9.17) is 0 Å². The molecule has 3 unspecified atom stereocenters. The highest BCUT2D eigenvalue weighted by molar-refractivity contribution is 5.58. The monoisotopic (exact) mass is 352 g/mol. The first-order valence-corrected chi connectivity index (χ1v) is 8.98. The minimum Gasteiger partial charge on any atom is -0.404 e. The van der Waals surface area contributed by atoms with Crippen LogP contribution in [0.25, 0.3) is 0 Å². The Balaban J connectivity index is 1.35. The number of anilines is 1. The van der Waals surface area contributed by atoms with Crippen LogP contribution in [0.2, 0.25) is 0 Å². The van der Waals surface area contributed by atoms with Crippen LogP contribution in [-0.2, 0) is 0 Å². The number of alkyl halides is 3. The molecule has 0 N–H and O–H groups in total. The predicted octanol–water partition coefficient (Wildman–Crippen LogP) is 3.92. The van der Waals surface area contributed by atoms with Gasteiger partial charge < -0.3 is 9.64 Å². The Labute approximate surface area is 146 Å². The molecule has 1 heterocycles. The number of hydrogen-bond donors (Lipinski definition) is 0. The van der Waals surface area contributed by atoms with Crippen LogP contribution in [0.3, 0.4) is 0 Å². The molecule has 1 aromatic rings. The van der Waals surface area contributed by atoms with E-state index in [0.29, 0.717) is 5.69 Å². The highest BCUT2D eigenvalue weighted by Crippen LogP contribution is 2.43. The number of rotatable bonds is 4. The number of halogens is 3. The summed E-state index contributed by atoms with van der Waals surface area (Å²) in [6.45, 7) is 4.35. The Kier molecular flexibility index (Phi) is 4.40. The topological polar surface area (TPSA) is 15.7 Å². The summed E-state index contributed by atoms with van der Waals surface area (Å²) in [6.07, 6.45) is 2.68. The summed E-state index contributed by atoms with van der Waals surface area (Å²) in [4.78, 5) is 4.46. The van der Waals surface area contributed by atoms with Gasteiger partial charge in [0.25, 0.3) is 0 Å². The number of benzene rings is 1. The lowest BCUT2D eigenvalue weighted by Gasteiger charge is -2.38.